The van der Waals surface area contributed by atoms with Crippen molar-refractivity contribution in [3.63, 3.8) is 0 Å². The molecule has 0 aliphatic heterocycles. The molecule has 4 heterocycles. The molecule has 4 aromatic heterocycles. The Kier molecular flexibility index (Phi) is 2.98. The molecule has 2 aromatic carbocycles. The van der Waals surface area contributed by atoms with Crippen LogP contribution in [0.1, 0.15) is 22.8 Å². The molecule has 0 saturated carbocycles. The van der Waals surface area contributed by atoms with Gasteiger partial charge >= 0.3 is 0 Å². The van der Waals surface area contributed by atoms with Crippen molar-refractivity contribution in [3.05, 3.63) is 67.7 Å². The summed E-state index contributed by atoms with van der Waals surface area (Å²) in [5.41, 5.74) is -1.47. The summed E-state index contributed by atoms with van der Waals surface area (Å²) in [7, 11) is 0. The molecule has 32 heavy (non-hydrogen) atoms. The van der Waals surface area contributed by atoms with E-state index in [4.69, 9.17) is 0 Å². The van der Waals surface area contributed by atoms with Crippen LogP contribution < -0.4 is 11.1 Å². The summed E-state index contributed by atoms with van der Waals surface area (Å²) >= 11 is 0. The summed E-state index contributed by atoms with van der Waals surface area (Å²) in [5.74, 6) is 0. The lowest BCUT2D eigenvalue weighted by atomic mass is 9.96. The van der Waals surface area contributed by atoms with E-state index in [2.05, 4.69) is 9.97 Å². The van der Waals surface area contributed by atoms with Crippen molar-refractivity contribution in [1.29, 1.82) is 21.0 Å². The molecule has 6 rings (SSSR count). The smallest absolute Gasteiger partial charge is 0.265 e. The zero-order valence-corrected chi connectivity index (χ0v) is 15.7. The van der Waals surface area contributed by atoms with E-state index in [0.29, 0.717) is 21.5 Å². The second-order valence-corrected chi connectivity index (χ2v) is 7.06. The van der Waals surface area contributed by atoms with Crippen LogP contribution in [0.2, 0.25) is 0 Å². The fourth-order valence-corrected chi connectivity index (χ4v) is 4.43. The van der Waals surface area contributed by atoms with Crippen LogP contribution in [0.15, 0.2) is 33.9 Å². The maximum absolute atomic E-state index is 13.3. The Balaban J connectivity index is 2.00. The molecule has 0 saturated heterocycles. The molecule has 0 fully saturated rings. The van der Waals surface area contributed by atoms with E-state index < -0.39 is 11.1 Å². The summed E-state index contributed by atoms with van der Waals surface area (Å²) in [6.45, 7) is 0. The van der Waals surface area contributed by atoms with Crippen LogP contribution in [0, 0.1) is 45.3 Å². The lowest BCUT2D eigenvalue weighted by Crippen LogP contribution is -2.18. The first-order chi connectivity index (χ1) is 15.5. The Morgan fingerprint density at radius 2 is 0.969 bits per heavy atom. The normalized spacial score (nSPS) is 11.2. The Labute approximate surface area is 175 Å². The summed E-state index contributed by atoms with van der Waals surface area (Å²) in [6.07, 6.45) is 0. The van der Waals surface area contributed by atoms with Gasteiger partial charge in [0.25, 0.3) is 11.1 Å². The second-order valence-electron chi connectivity index (χ2n) is 7.06. The highest BCUT2D eigenvalue weighted by Crippen LogP contribution is 2.35. The number of rotatable bonds is 0. The molecule has 0 unspecified atom stereocenters. The molecular weight excluding hydrogens is 408 g/mol. The van der Waals surface area contributed by atoms with Gasteiger partial charge in [0.1, 0.15) is 35.6 Å². The molecular formula is C22H4N8O2. The van der Waals surface area contributed by atoms with Gasteiger partial charge in [0.15, 0.2) is 22.8 Å². The zero-order valence-electron chi connectivity index (χ0n) is 15.7. The lowest BCUT2D eigenvalue weighted by Gasteiger charge is -2.11. The van der Waals surface area contributed by atoms with E-state index in [9.17, 15) is 30.6 Å². The number of nitrogens with zero attached hydrogens (tertiary/aromatic N) is 8. The van der Waals surface area contributed by atoms with Crippen LogP contribution in [0.4, 0.5) is 0 Å². The van der Waals surface area contributed by atoms with Crippen molar-refractivity contribution in [2.75, 3.05) is 0 Å². The first-order valence-electron chi connectivity index (χ1n) is 9.11. The van der Waals surface area contributed by atoms with Crippen LogP contribution in [-0.2, 0) is 0 Å². The minimum Gasteiger partial charge on any atom is -0.268 e. The average Bonchev–Trinajstić information content (AvgIpc) is 3.39. The third-order valence-corrected chi connectivity index (χ3v) is 5.69. The van der Waals surface area contributed by atoms with E-state index in [0.717, 1.165) is 8.80 Å². The average molecular weight is 412 g/mol. The van der Waals surface area contributed by atoms with Crippen molar-refractivity contribution < 1.29 is 0 Å². The highest BCUT2D eigenvalue weighted by Gasteiger charge is 2.25. The Hall–Kier alpha value is -5.58. The van der Waals surface area contributed by atoms with Crippen LogP contribution in [-0.4, -0.2) is 18.8 Å². The van der Waals surface area contributed by atoms with Gasteiger partial charge < -0.3 is 0 Å². The number of imidazole rings is 2. The zero-order chi connectivity index (χ0) is 22.3. The highest BCUT2D eigenvalue weighted by atomic mass is 16.1. The number of pyridine rings is 2. The minimum atomic E-state index is -0.543. The number of benzene rings is 2. The molecule has 0 atom stereocenters. The van der Waals surface area contributed by atoms with Crippen molar-refractivity contribution in [2.45, 2.75) is 0 Å². The van der Waals surface area contributed by atoms with Crippen molar-refractivity contribution in [2.24, 2.45) is 0 Å². The predicted octanol–water partition coefficient (Wildman–Crippen LogP) is 1.52. The van der Waals surface area contributed by atoms with Gasteiger partial charge in [0, 0.05) is 32.3 Å². The highest BCUT2D eigenvalue weighted by molar-refractivity contribution is 6.27. The van der Waals surface area contributed by atoms with Crippen molar-refractivity contribution in [3.8, 4) is 24.3 Å². The predicted molar refractivity (Wildman–Crippen MR) is 110 cm³/mol. The number of fused-ring (bicyclic) bond motifs is 4. The molecule has 0 amide bonds. The van der Waals surface area contributed by atoms with Crippen LogP contribution in [0.5, 0.6) is 0 Å². The Morgan fingerprint density at radius 1 is 0.594 bits per heavy atom. The van der Waals surface area contributed by atoms with Gasteiger partial charge in [0.2, 0.25) is 0 Å². The molecule has 0 aliphatic carbocycles. The molecule has 10 heteroatoms. The number of nitriles is 4. The topological polar surface area (TPSA) is 164 Å². The summed E-state index contributed by atoms with van der Waals surface area (Å²) < 4.78 is 2.20. The fourth-order valence-electron chi connectivity index (χ4n) is 4.43. The monoisotopic (exact) mass is 412 g/mol. The molecule has 0 N–H and O–H groups in total. The molecule has 0 bridgehead atoms. The second kappa shape index (κ2) is 5.52. The van der Waals surface area contributed by atoms with E-state index in [1.165, 1.54) is 12.1 Å². The summed E-state index contributed by atoms with van der Waals surface area (Å²) in [5, 5.41) is 40.0. The molecule has 0 spiro atoms. The minimum absolute atomic E-state index is 0.135. The van der Waals surface area contributed by atoms with Gasteiger partial charge in [-0.05, 0) is 24.3 Å². The third kappa shape index (κ3) is 1.71. The quantitative estimate of drug-likeness (QED) is 0.339. The lowest BCUT2D eigenvalue weighted by molar-refractivity contribution is 1.11. The van der Waals surface area contributed by atoms with Crippen molar-refractivity contribution in [1.82, 2.24) is 18.8 Å². The van der Waals surface area contributed by atoms with E-state index in [-0.39, 0.29) is 44.8 Å². The number of aromatic nitrogens is 4. The molecule has 6 aromatic rings. The Morgan fingerprint density at radius 3 is 1.31 bits per heavy atom. The molecule has 0 radical (unpaired) electrons. The SMILES string of the molecule is N#Cc1nc2c3ccc4c5c(ccc(c(=O)n2c1C#N)c35)c(=O)n1c(C#N)c(C#N)nc41. The van der Waals surface area contributed by atoms with Gasteiger partial charge in [-0.1, -0.05) is 0 Å². The maximum atomic E-state index is 13.3. The first-order valence-corrected chi connectivity index (χ1v) is 9.11. The Bertz CT molecular complexity index is 1970. The van der Waals surface area contributed by atoms with Gasteiger partial charge in [-0.15, -0.1) is 0 Å². The largest absolute Gasteiger partial charge is 0.268 e. The first kappa shape index (κ1) is 17.3. The summed E-state index contributed by atoms with van der Waals surface area (Å²) in [6, 6.07) is 13.7. The third-order valence-electron chi connectivity index (χ3n) is 5.69. The van der Waals surface area contributed by atoms with E-state index in [1.54, 1.807) is 12.1 Å². The standard InChI is InChI=1S/C22H4N8O2/c23-5-13-15(7-25)29-19(27-13)9-1-2-10-18-12(4-3-11(17(9)18)21(29)31)22(32)30-16(8-26)14(6-24)28-20(10)30/h1-4H. The maximum Gasteiger partial charge on any atom is 0.265 e. The fraction of sp³-hybridized carbons (Fsp3) is 0. The number of hydrogen-bond donors (Lipinski definition) is 0. The van der Waals surface area contributed by atoms with Crippen LogP contribution in [0.25, 0.3) is 43.6 Å². The molecule has 10 nitrogen and oxygen atoms in total. The molecule has 144 valence electrons. The van der Waals surface area contributed by atoms with E-state index in [1.807, 2.05) is 24.3 Å². The van der Waals surface area contributed by atoms with Gasteiger partial charge in [-0.2, -0.15) is 21.0 Å². The van der Waals surface area contributed by atoms with Gasteiger partial charge in [-0.25, -0.2) is 18.8 Å². The van der Waals surface area contributed by atoms with Gasteiger partial charge in [-0.3, -0.25) is 9.59 Å². The summed E-state index contributed by atoms with van der Waals surface area (Å²) in [4.78, 5) is 34.9. The van der Waals surface area contributed by atoms with Crippen LogP contribution >= 0.6 is 0 Å². The molecule has 0 aliphatic rings. The van der Waals surface area contributed by atoms with Crippen molar-refractivity contribution >= 4 is 43.6 Å². The van der Waals surface area contributed by atoms with E-state index >= 15 is 0 Å². The van der Waals surface area contributed by atoms with Gasteiger partial charge in [0.05, 0.1) is 0 Å². The number of hydrogen-bond acceptors (Lipinski definition) is 8. The van der Waals surface area contributed by atoms with Crippen LogP contribution in [0.3, 0.4) is 0 Å².